The maximum atomic E-state index is 13.8. The first kappa shape index (κ1) is 45.8. The number of hydrogen-bond acceptors (Lipinski definition) is 10. The van der Waals surface area contributed by atoms with Crippen LogP contribution in [0.5, 0.6) is 11.8 Å². The van der Waals surface area contributed by atoms with E-state index in [1.165, 1.54) is 20.3 Å². The molecule has 1 aromatic carbocycles. The van der Waals surface area contributed by atoms with Gasteiger partial charge in [-0.25, -0.2) is 0 Å². The van der Waals surface area contributed by atoms with Crippen molar-refractivity contribution in [1.82, 2.24) is 35.2 Å². The normalized spacial score (nSPS) is 27.7. The summed E-state index contributed by atoms with van der Waals surface area (Å²) in [6.45, 7) is 32.0. The molecule has 6 rings (SSSR count). The number of aromatic nitrogens is 3. The summed E-state index contributed by atoms with van der Waals surface area (Å²) >= 11 is 0. The summed E-state index contributed by atoms with van der Waals surface area (Å²) in [7, 11) is 0. The highest BCUT2D eigenvalue weighted by Gasteiger charge is 2.56. The van der Waals surface area contributed by atoms with Gasteiger partial charge in [-0.15, -0.1) is 41.1 Å². The molecule has 0 spiro atoms. The number of nitrogens with zero attached hydrogens (tertiary/aromatic N) is 9. The predicted molar refractivity (Wildman–Crippen MR) is 226 cm³/mol. The summed E-state index contributed by atoms with van der Waals surface area (Å²) < 4.78 is 6.56. The number of anilines is 2. The Morgan fingerprint density at radius 1 is 0.424 bits per heavy atom. The first-order chi connectivity index (χ1) is 26.8. The van der Waals surface area contributed by atoms with Gasteiger partial charge in [0, 0.05) is 68.5 Å². The fraction of sp³-hybridized carbons (Fsp3) is 0.800. The van der Waals surface area contributed by atoms with Crippen LogP contribution in [0.4, 0.5) is 11.9 Å². The molecule has 0 amide bonds. The van der Waals surface area contributed by atoms with E-state index in [1.807, 2.05) is 141 Å². The fourth-order valence-corrected chi connectivity index (χ4v) is 12.1. The molecule has 4 aliphatic rings. The third-order valence-corrected chi connectivity index (χ3v) is 13.9. The Morgan fingerprint density at radius 2 is 0.661 bits per heavy atom. The molecule has 14 nitrogen and oxygen atoms in total. The molecule has 4 saturated heterocycles. The zero-order valence-corrected chi connectivity index (χ0v) is 38.9. The lowest BCUT2D eigenvalue weighted by Gasteiger charge is -2.57. The highest BCUT2D eigenvalue weighted by Crippen LogP contribution is 2.48. The van der Waals surface area contributed by atoms with E-state index in [4.69, 9.17) is 19.7 Å². The molecule has 2 aromatic rings. The van der Waals surface area contributed by atoms with Crippen molar-refractivity contribution in [3.8, 4) is 11.8 Å². The van der Waals surface area contributed by atoms with Gasteiger partial charge in [0.15, 0.2) is 0 Å². The molecule has 5 heterocycles. The Kier molecular flexibility index (Phi) is 11.6. The lowest BCUT2D eigenvalue weighted by molar-refractivity contribution is -0.294. The second kappa shape index (κ2) is 15.0. The highest BCUT2D eigenvalue weighted by atomic mass is 16.5. The lowest BCUT2D eigenvalue weighted by atomic mass is 9.74. The van der Waals surface area contributed by atoms with Crippen LogP contribution in [-0.2, 0) is 20.8 Å². The van der Waals surface area contributed by atoms with E-state index in [0.717, 1.165) is 0 Å². The molecule has 328 valence electrons. The Balaban J connectivity index is 1.61. The van der Waals surface area contributed by atoms with Crippen LogP contribution >= 0.6 is 0 Å². The van der Waals surface area contributed by atoms with Crippen LogP contribution in [-0.4, -0.2) is 104 Å². The van der Waals surface area contributed by atoms with Crippen molar-refractivity contribution >= 4 is 11.9 Å². The van der Waals surface area contributed by atoms with Crippen LogP contribution in [0.3, 0.4) is 0 Å². The summed E-state index contributed by atoms with van der Waals surface area (Å²) in [5, 5.41) is 60.3. The zero-order chi connectivity index (χ0) is 44.1. The fourth-order valence-electron chi connectivity index (χ4n) is 12.1. The molecule has 4 radical (unpaired) electrons. The maximum absolute atomic E-state index is 13.8. The Morgan fingerprint density at radius 3 is 0.898 bits per heavy atom. The van der Waals surface area contributed by atoms with Crippen molar-refractivity contribution in [2.45, 2.75) is 231 Å². The van der Waals surface area contributed by atoms with E-state index in [2.05, 4.69) is 9.80 Å². The summed E-state index contributed by atoms with van der Waals surface area (Å²) in [6, 6.07) is 8.92. The predicted octanol–water partition coefficient (Wildman–Crippen LogP) is 8.75. The monoisotopic (exact) mass is 820 g/mol. The van der Waals surface area contributed by atoms with Gasteiger partial charge in [0.25, 0.3) is 0 Å². The van der Waals surface area contributed by atoms with Crippen LogP contribution < -0.4 is 14.5 Å². The minimum Gasteiger partial charge on any atom is -0.424 e. The van der Waals surface area contributed by atoms with Crippen molar-refractivity contribution in [1.29, 1.82) is 0 Å². The second-order valence-electron chi connectivity index (χ2n) is 23.4. The van der Waals surface area contributed by atoms with Crippen molar-refractivity contribution in [3.63, 3.8) is 0 Å². The van der Waals surface area contributed by atoms with Crippen LogP contribution in [0.1, 0.15) is 162 Å². The van der Waals surface area contributed by atoms with Crippen molar-refractivity contribution in [2.75, 3.05) is 9.80 Å². The summed E-state index contributed by atoms with van der Waals surface area (Å²) in [6.07, 6.45) is 4.39. The van der Waals surface area contributed by atoms with E-state index in [0.29, 0.717) is 69.0 Å². The van der Waals surface area contributed by atoms with E-state index in [-0.39, 0.29) is 30.2 Å². The Hall–Kier alpha value is -2.69. The van der Waals surface area contributed by atoms with Crippen LogP contribution in [0.2, 0.25) is 0 Å². The SMILES string of the molecule is CC1(C)CC(N(c2nc(Oc3ccccc3)nc(N(C3CC(C)(C)N([O])C(C)(C)C3)C3CC(C)(C)N([O])C(C)(C)C3)n2)C2CC(C)(C)N([O])C(C)(C)C2)CC(C)(C)N1[O]. The molecule has 4 fully saturated rings. The van der Waals surface area contributed by atoms with Gasteiger partial charge in [0.1, 0.15) is 5.75 Å². The smallest absolute Gasteiger partial charge is 0.328 e. The molecular weight excluding hydrogens is 747 g/mol. The van der Waals surface area contributed by atoms with Gasteiger partial charge in [-0.05, 0) is 174 Å². The van der Waals surface area contributed by atoms with Crippen molar-refractivity contribution in [3.05, 3.63) is 30.3 Å². The minimum atomic E-state index is -0.701. The quantitative estimate of drug-likeness (QED) is 0.253. The van der Waals surface area contributed by atoms with Gasteiger partial charge in [0.2, 0.25) is 11.9 Å². The average molecular weight is 820 g/mol. The third-order valence-electron chi connectivity index (χ3n) is 13.9. The third kappa shape index (κ3) is 8.84. The number of hydroxylamine groups is 8. The Labute approximate surface area is 354 Å². The molecule has 0 saturated carbocycles. The first-order valence-corrected chi connectivity index (χ1v) is 21.8. The number of rotatable bonds is 8. The number of piperidine rings is 4. The number of benzene rings is 1. The minimum absolute atomic E-state index is 0.130. The molecule has 0 aliphatic carbocycles. The topological polar surface area (TPSA) is 147 Å². The largest absolute Gasteiger partial charge is 0.424 e. The second-order valence-corrected chi connectivity index (χ2v) is 23.4. The van der Waals surface area contributed by atoms with E-state index in [1.54, 1.807) is 0 Å². The first-order valence-electron chi connectivity index (χ1n) is 21.8. The van der Waals surface area contributed by atoms with E-state index in [9.17, 15) is 20.8 Å². The van der Waals surface area contributed by atoms with Crippen molar-refractivity contribution in [2.24, 2.45) is 0 Å². The van der Waals surface area contributed by atoms with E-state index < -0.39 is 44.3 Å². The molecule has 59 heavy (non-hydrogen) atoms. The number of ether oxygens (including phenoxy) is 1. The lowest BCUT2D eigenvalue weighted by Crippen LogP contribution is -2.68. The highest BCUT2D eigenvalue weighted by molar-refractivity contribution is 5.46. The van der Waals surface area contributed by atoms with Crippen LogP contribution in [0.15, 0.2) is 30.3 Å². The molecular formula is C45H73N9O5. The molecule has 0 atom stereocenters. The molecule has 0 N–H and O–H groups in total. The van der Waals surface area contributed by atoms with Crippen molar-refractivity contribution < 1.29 is 25.6 Å². The molecule has 0 unspecified atom stereocenters. The summed E-state index contributed by atoms with van der Waals surface area (Å²) in [5.74, 6) is 1.43. The van der Waals surface area contributed by atoms with Crippen LogP contribution in [0, 0.1) is 0 Å². The number of para-hydroxylation sites is 1. The number of hydrogen-bond donors (Lipinski definition) is 0. The molecule has 14 heteroatoms. The maximum Gasteiger partial charge on any atom is 0.328 e. The van der Waals surface area contributed by atoms with Gasteiger partial charge in [0.05, 0.1) is 0 Å². The van der Waals surface area contributed by atoms with Gasteiger partial charge in [-0.2, -0.15) is 15.0 Å². The Bertz CT molecular complexity index is 1550. The molecule has 0 bridgehead atoms. The summed E-state index contributed by atoms with van der Waals surface area (Å²) in [4.78, 5) is 20.5. The van der Waals surface area contributed by atoms with Gasteiger partial charge >= 0.3 is 6.01 Å². The van der Waals surface area contributed by atoms with Gasteiger partial charge < -0.3 is 14.5 Å². The zero-order valence-electron chi connectivity index (χ0n) is 38.9. The summed E-state index contributed by atoms with van der Waals surface area (Å²) in [5.41, 5.74) is -5.61. The van der Waals surface area contributed by atoms with Crippen LogP contribution in [0.25, 0.3) is 0 Å². The van der Waals surface area contributed by atoms with Gasteiger partial charge in [-0.1, -0.05) is 18.2 Å². The molecule has 1 aromatic heterocycles. The van der Waals surface area contributed by atoms with E-state index >= 15 is 0 Å². The molecule has 4 aliphatic heterocycles. The standard InChI is InChI=1S/C45H73N9O5/c1-38(2)22-30(23-39(3,4)51(38)55)49(31-24-40(5,6)52(56)41(7,8)25-31)35-46-36(48-37(47-35)59-34-20-18-17-19-21-34)50(32-26-42(9,10)53(57)43(11,12)27-32)33-28-44(13,14)54(58)45(15,16)29-33/h17-21,30-33H,22-29H2,1-16H3. The average Bonchev–Trinajstić information content (AvgIpc) is 3.07. The van der Waals surface area contributed by atoms with Gasteiger partial charge in [-0.3, -0.25) is 0 Å².